The van der Waals surface area contributed by atoms with Gasteiger partial charge in [-0.1, -0.05) is 0 Å². The molecule has 5 nitrogen and oxygen atoms in total. The fourth-order valence-corrected chi connectivity index (χ4v) is 2.09. The molecule has 0 amide bonds. The maximum absolute atomic E-state index is 5.02. The summed E-state index contributed by atoms with van der Waals surface area (Å²) in [5, 5.41) is 3.36. The second kappa shape index (κ2) is 7.11. The van der Waals surface area contributed by atoms with Gasteiger partial charge >= 0.3 is 0 Å². The van der Waals surface area contributed by atoms with Crippen molar-refractivity contribution in [3.63, 3.8) is 0 Å². The van der Waals surface area contributed by atoms with Crippen LogP contribution in [0.5, 0.6) is 0 Å². The molecule has 0 unspecified atom stereocenters. The van der Waals surface area contributed by atoms with Crippen molar-refractivity contribution in [2.75, 3.05) is 20.3 Å². The average molecular weight is 262 g/mol. The first-order chi connectivity index (χ1) is 9.35. The second-order valence-corrected chi connectivity index (χ2v) is 4.43. The number of nitrogens with one attached hydrogen (secondary N) is 1. The Morgan fingerprint density at radius 1 is 1.32 bits per heavy atom. The normalized spacial score (nSPS) is 11.1. The third-order valence-corrected chi connectivity index (χ3v) is 3.17. The van der Waals surface area contributed by atoms with Crippen molar-refractivity contribution < 1.29 is 4.74 Å². The molecule has 0 fully saturated rings. The predicted octanol–water partition coefficient (Wildman–Crippen LogP) is 1.49. The Bertz CT molecular complexity index is 489. The van der Waals surface area contributed by atoms with Crippen LogP contribution in [0.25, 0.3) is 0 Å². The Kier molecular flexibility index (Phi) is 5.18. The van der Waals surface area contributed by atoms with Crippen molar-refractivity contribution in [2.24, 2.45) is 0 Å². The van der Waals surface area contributed by atoms with E-state index in [1.165, 1.54) is 5.69 Å². The van der Waals surface area contributed by atoms with Gasteiger partial charge in [0.15, 0.2) is 0 Å². The largest absolute Gasteiger partial charge is 0.383 e. The van der Waals surface area contributed by atoms with E-state index in [4.69, 9.17) is 4.74 Å². The molecule has 0 aliphatic rings. The molecule has 0 bridgehead atoms. The van der Waals surface area contributed by atoms with Crippen LogP contribution in [0.3, 0.4) is 0 Å². The van der Waals surface area contributed by atoms with Crippen LogP contribution in [0.1, 0.15) is 18.4 Å². The van der Waals surface area contributed by atoms with Crippen LogP contribution in [-0.2, 0) is 24.4 Å². The van der Waals surface area contributed by atoms with E-state index < -0.39 is 0 Å². The molecule has 0 aliphatic heterocycles. The van der Waals surface area contributed by atoms with Gasteiger partial charge in [-0.05, 0) is 19.1 Å². The highest BCUT2D eigenvalue weighted by Gasteiger charge is 2.05. The molecule has 0 spiro atoms. The van der Waals surface area contributed by atoms with Crippen LogP contribution >= 0.6 is 0 Å². The van der Waals surface area contributed by atoms with E-state index in [-0.39, 0.29) is 0 Å². The number of imidazole rings is 1. The number of ether oxygens (including phenoxy) is 1. The van der Waals surface area contributed by atoms with Crippen molar-refractivity contribution in [1.82, 2.24) is 19.4 Å². The fraction of sp³-hybridized carbons (Fsp3) is 0.500. The minimum atomic E-state index is 0.737. The summed E-state index contributed by atoms with van der Waals surface area (Å²) in [6.45, 7) is 6.36. The molecule has 0 radical (unpaired) electrons. The van der Waals surface area contributed by atoms with E-state index in [1.807, 2.05) is 12.4 Å². The lowest BCUT2D eigenvalue weighted by molar-refractivity contribution is 0.199. The number of rotatable bonds is 8. The van der Waals surface area contributed by atoms with Gasteiger partial charge in [0.1, 0.15) is 5.82 Å². The maximum atomic E-state index is 5.02. The Morgan fingerprint density at radius 3 is 3.00 bits per heavy atom. The van der Waals surface area contributed by atoms with Gasteiger partial charge in [-0.25, -0.2) is 4.98 Å². The van der Waals surface area contributed by atoms with Crippen molar-refractivity contribution in [1.29, 1.82) is 0 Å². The Balaban J connectivity index is 1.95. The molecule has 0 saturated carbocycles. The van der Waals surface area contributed by atoms with Gasteiger partial charge in [0, 0.05) is 51.0 Å². The number of aryl methyl sites for hydroxylation is 1. The van der Waals surface area contributed by atoms with Gasteiger partial charge < -0.3 is 19.2 Å². The lowest BCUT2D eigenvalue weighted by atomic mass is 10.4. The first-order valence-corrected chi connectivity index (χ1v) is 6.68. The molecule has 19 heavy (non-hydrogen) atoms. The highest BCUT2D eigenvalue weighted by molar-refractivity contribution is 5.09. The lowest BCUT2D eigenvalue weighted by Gasteiger charge is -2.11. The molecule has 2 rings (SSSR count). The van der Waals surface area contributed by atoms with Crippen molar-refractivity contribution >= 4 is 0 Å². The van der Waals surface area contributed by atoms with E-state index in [0.29, 0.717) is 0 Å². The summed E-state index contributed by atoms with van der Waals surface area (Å²) in [7, 11) is 1.72. The van der Waals surface area contributed by atoms with Crippen LogP contribution < -0.4 is 5.32 Å². The fourth-order valence-electron chi connectivity index (χ4n) is 2.09. The van der Waals surface area contributed by atoms with Gasteiger partial charge in [-0.2, -0.15) is 0 Å². The highest BCUT2D eigenvalue weighted by Crippen LogP contribution is 2.07. The van der Waals surface area contributed by atoms with Crippen molar-refractivity contribution in [3.05, 3.63) is 42.2 Å². The van der Waals surface area contributed by atoms with Gasteiger partial charge in [0.25, 0.3) is 0 Å². The van der Waals surface area contributed by atoms with Gasteiger partial charge in [-0.15, -0.1) is 0 Å². The quantitative estimate of drug-likeness (QED) is 0.733. The molecule has 0 aliphatic carbocycles. The van der Waals surface area contributed by atoms with E-state index >= 15 is 0 Å². The standard InChI is InChI=1S/C14H22N4O/c1-3-17-9-6-16-14(17)12-18-8-4-5-13(18)11-15-7-10-19-2/h4-6,8-9,15H,3,7,10-12H2,1-2H3. The molecular formula is C14H22N4O. The van der Waals surface area contributed by atoms with E-state index in [2.05, 4.69) is 44.7 Å². The summed E-state index contributed by atoms with van der Waals surface area (Å²) < 4.78 is 9.42. The van der Waals surface area contributed by atoms with Crippen LogP contribution in [0, 0.1) is 0 Å². The Hall–Kier alpha value is -1.59. The minimum absolute atomic E-state index is 0.737. The zero-order chi connectivity index (χ0) is 13.5. The molecule has 5 heteroatoms. The van der Waals surface area contributed by atoms with Crippen LogP contribution in [-0.4, -0.2) is 34.4 Å². The van der Waals surface area contributed by atoms with Gasteiger partial charge in [0.05, 0.1) is 13.2 Å². The molecule has 2 aromatic heterocycles. The van der Waals surface area contributed by atoms with Crippen molar-refractivity contribution in [3.8, 4) is 0 Å². The molecule has 104 valence electrons. The Morgan fingerprint density at radius 2 is 2.21 bits per heavy atom. The van der Waals surface area contributed by atoms with Crippen LogP contribution in [0.2, 0.25) is 0 Å². The SMILES string of the molecule is CCn1ccnc1Cn1cccc1CNCCOC. The molecule has 1 N–H and O–H groups in total. The number of methoxy groups -OCH3 is 1. The summed E-state index contributed by atoms with van der Waals surface area (Å²) >= 11 is 0. The number of hydrogen-bond acceptors (Lipinski definition) is 3. The van der Waals surface area contributed by atoms with Crippen LogP contribution in [0.15, 0.2) is 30.7 Å². The van der Waals surface area contributed by atoms with E-state index in [9.17, 15) is 0 Å². The first-order valence-electron chi connectivity index (χ1n) is 6.68. The molecule has 0 saturated heterocycles. The molecule has 2 aromatic rings. The lowest BCUT2D eigenvalue weighted by Crippen LogP contribution is -2.21. The van der Waals surface area contributed by atoms with Gasteiger partial charge in [-0.3, -0.25) is 0 Å². The van der Waals surface area contributed by atoms with E-state index in [1.54, 1.807) is 7.11 Å². The summed E-state index contributed by atoms with van der Waals surface area (Å²) in [5.74, 6) is 1.09. The zero-order valence-corrected chi connectivity index (χ0v) is 11.7. The summed E-state index contributed by atoms with van der Waals surface area (Å²) in [6.07, 6.45) is 5.98. The van der Waals surface area contributed by atoms with Crippen LogP contribution in [0.4, 0.5) is 0 Å². The molecule has 0 atom stereocenters. The Labute approximate surface area is 114 Å². The highest BCUT2D eigenvalue weighted by atomic mass is 16.5. The maximum Gasteiger partial charge on any atom is 0.128 e. The third kappa shape index (κ3) is 3.68. The zero-order valence-electron chi connectivity index (χ0n) is 11.7. The van der Waals surface area contributed by atoms with Crippen molar-refractivity contribution in [2.45, 2.75) is 26.6 Å². The smallest absolute Gasteiger partial charge is 0.128 e. The number of nitrogens with zero attached hydrogens (tertiary/aromatic N) is 3. The minimum Gasteiger partial charge on any atom is -0.383 e. The molecule has 2 heterocycles. The molecular weight excluding hydrogens is 240 g/mol. The molecule has 0 aromatic carbocycles. The average Bonchev–Trinajstić information content (AvgIpc) is 3.04. The van der Waals surface area contributed by atoms with Gasteiger partial charge in [0.2, 0.25) is 0 Å². The summed E-state index contributed by atoms with van der Waals surface area (Å²) in [4.78, 5) is 4.41. The predicted molar refractivity (Wildman–Crippen MR) is 75.0 cm³/mol. The summed E-state index contributed by atoms with van der Waals surface area (Å²) in [6, 6.07) is 4.21. The first kappa shape index (κ1) is 13.8. The number of aromatic nitrogens is 3. The third-order valence-electron chi connectivity index (χ3n) is 3.17. The van der Waals surface area contributed by atoms with E-state index in [0.717, 1.165) is 38.6 Å². The topological polar surface area (TPSA) is 44.0 Å². The second-order valence-electron chi connectivity index (χ2n) is 4.43. The summed E-state index contributed by atoms with van der Waals surface area (Å²) in [5.41, 5.74) is 1.27. The monoisotopic (exact) mass is 262 g/mol. The number of hydrogen-bond donors (Lipinski definition) is 1.